The molecule has 3 nitrogen and oxygen atoms in total. The summed E-state index contributed by atoms with van der Waals surface area (Å²) in [6.07, 6.45) is 11.2. The van der Waals surface area contributed by atoms with Crippen LogP contribution in [0.3, 0.4) is 0 Å². The van der Waals surface area contributed by atoms with Gasteiger partial charge in [-0.25, -0.2) is 0 Å². The van der Waals surface area contributed by atoms with E-state index in [2.05, 4.69) is 46.6 Å². The number of allylic oxidation sites excluding steroid dienone is 4. The van der Waals surface area contributed by atoms with E-state index in [-0.39, 0.29) is 5.41 Å². The average Bonchev–Trinajstić information content (AvgIpc) is 2.58. The van der Waals surface area contributed by atoms with Gasteiger partial charge >= 0.3 is 0 Å². The van der Waals surface area contributed by atoms with Crippen LogP contribution in [0, 0.1) is 0 Å². The highest BCUT2D eigenvalue weighted by molar-refractivity contribution is 5.27. The zero-order valence-electron chi connectivity index (χ0n) is 6.99. The zero-order chi connectivity index (χ0) is 8.44. The van der Waals surface area contributed by atoms with Gasteiger partial charge in [-0.15, -0.1) is 5.10 Å². The van der Waals surface area contributed by atoms with E-state index < -0.39 is 0 Å². The van der Waals surface area contributed by atoms with Crippen molar-refractivity contribution in [2.24, 2.45) is 0 Å². The lowest BCUT2D eigenvalue weighted by atomic mass is 9.81. The van der Waals surface area contributed by atoms with E-state index >= 15 is 0 Å². The van der Waals surface area contributed by atoms with Crippen LogP contribution in [-0.2, 0) is 5.41 Å². The molecule has 12 heavy (non-hydrogen) atoms. The van der Waals surface area contributed by atoms with Crippen molar-refractivity contribution in [1.82, 2.24) is 15.4 Å². The molecule has 0 aromatic carbocycles. The predicted octanol–water partition coefficient (Wildman–Crippen LogP) is 1.58. The van der Waals surface area contributed by atoms with E-state index in [0.29, 0.717) is 0 Å². The third-order valence-electron chi connectivity index (χ3n) is 2.28. The molecule has 0 amide bonds. The van der Waals surface area contributed by atoms with Crippen molar-refractivity contribution in [3.05, 3.63) is 36.2 Å². The first-order chi connectivity index (χ1) is 5.81. The van der Waals surface area contributed by atoms with Crippen LogP contribution >= 0.6 is 0 Å². The van der Waals surface area contributed by atoms with Crippen molar-refractivity contribution >= 4 is 0 Å². The second kappa shape index (κ2) is 2.59. The number of aromatic amines is 1. The molecule has 2 rings (SSSR count). The normalized spacial score (nSPS) is 27.8. The van der Waals surface area contributed by atoms with E-state index in [0.717, 1.165) is 12.1 Å². The molecular weight excluding hydrogens is 150 g/mol. The van der Waals surface area contributed by atoms with Crippen LogP contribution in [-0.4, -0.2) is 15.4 Å². The zero-order valence-corrected chi connectivity index (χ0v) is 6.99. The predicted molar refractivity (Wildman–Crippen MR) is 46.6 cm³/mol. The van der Waals surface area contributed by atoms with Gasteiger partial charge in [-0.1, -0.05) is 36.4 Å². The van der Waals surface area contributed by atoms with Gasteiger partial charge in [0.25, 0.3) is 0 Å². The minimum absolute atomic E-state index is 0.0538. The summed E-state index contributed by atoms with van der Waals surface area (Å²) in [6, 6.07) is 0. The van der Waals surface area contributed by atoms with Crippen molar-refractivity contribution in [2.45, 2.75) is 18.8 Å². The van der Waals surface area contributed by atoms with Crippen LogP contribution in [0.2, 0.25) is 0 Å². The fraction of sp³-hybridized carbons (Fsp3) is 0.333. The van der Waals surface area contributed by atoms with Crippen molar-refractivity contribution in [1.29, 1.82) is 0 Å². The van der Waals surface area contributed by atoms with Crippen LogP contribution < -0.4 is 0 Å². The van der Waals surface area contributed by atoms with Crippen molar-refractivity contribution in [3.63, 3.8) is 0 Å². The van der Waals surface area contributed by atoms with Gasteiger partial charge in [-0.2, -0.15) is 0 Å². The van der Waals surface area contributed by atoms with Gasteiger partial charge in [-0.05, 0) is 6.42 Å². The Morgan fingerprint density at radius 3 is 3.00 bits per heavy atom. The molecule has 1 aliphatic carbocycles. The molecule has 0 fully saturated rings. The Kier molecular flexibility index (Phi) is 1.57. The smallest absolute Gasteiger partial charge is 0.0731 e. The molecule has 0 aliphatic heterocycles. The Morgan fingerprint density at radius 2 is 2.42 bits per heavy atom. The third-order valence-corrected chi connectivity index (χ3v) is 2.28. The van der Waals surface area contributed by atoms with Crippen molar-refractivity contribution < 1.29 is 0 Å². The quantitative estimate of drug-likeness (QED) is 0.679. The summed E-state index contributed by atoms with van der Waals surface area (Å²) in [5, 5.41) is 10.4. The molecule has 0 spiro atoms. The summed E-state index contributed by atoms with van der Waals surface area (Å²) in [5.74, 6) is 0. The Hall–Kier alpha value is -1.38. The first kappa shape index (κ1) is 7.28. The lowest BCUT2D eigenvalue weighted by molar-refractivity contribution is 0.577. The van der Waals surface area contributed by atoms with E-state index in [1.165, 1.54) is 0 Å². The third kappa shape index (κ3) is 1.07. The van der Waals surface area contributed by atoms with Crippen molar-refractivity contribution in [2.75, 3.05) is 0 Å². The second-order valence-electron chi connectivity index (χ2n) is 3.28. The Labute approximate surface area is 71.2 Å². The van der Waals surface area contributed by atoms with Gasteiger partial charge in [0.2, 0.25) is 0 Å². The average molecular weight is 161 g/mol. The summed E-state index contributed by atoms with van der Waals surface area (Å²) in [4.78, 5) is 0. The molecule has 1 unspecified atom stereocenters. The van der Waals surface area contributed by atoms with Gasteiger partial charge in [0, 0.05) is 5.41 Å². The molecule has 0 bridgehead atoms. The largest absolute Gasteiger partial charge is 0.261 e. The number of nitrogens with one attached hydrogen (secondary N) is 1. The molecule has 62 valence electrons. The Bertz CT molecular complexity index is 311. The summed E-state index contributed by atoms with van der Waals surface area (Å²) in [7, 11) is 0. The molecule has 1 aromatic rings. The van der Waals surface area contributed by atoms with Crippen LogP contribution in [0.5, 0.6) is 0 Å². The second-order valence-corrected chi connectivity index (χ2v) is 3.28. The number of hydrogen-bond acceptors (Lipinski definition) is 2. The molecule has 3 heteroatoms. The maximum Gasteiger partial charge on any atom is 0.0731 e. The summed E-state index contributed by atoms with van der Waals surface area (Å²) >= 11 is 0. The van der Waals surface area contributed by atoms with Crippen LogP contribution in [0.15, 0.2) is 30.5 Å². The van der Waals surface area contributed by atoms with Gasteiger partial charge < -0.3 is 0 Å². The molecule has 1 atom stereocenters. The maximum atomic E-state index is 3.78. The van der Waals surface area contributed by atoms with Gasteiger partial charge in [0.1, 0.15) is 0 Å². The van der Waals surface area contributed by atoms with Gasteiger partial charge in [-0.3, -0.25) is 5.10 Å². The number of aromatic nitrogens is 3. The van der Waals surface area contributed by atoms with Crippen LogP contribution in [0.1, 0.15) is 19.0 Å². The van der Waals surface area contributed by atoms with Gasteiger partial charge in [0.15, 0.2) is 0 Å². The van der Waals surface area contributed by atoms with Crippen molar-refractivity contribution in [3.8, 4) is 0 Å². The van der Waals surface area contributed by atoms with Crippen LogP contribution in [0.4, 0.5) is 0 Å². The fourth-order valence-corrected chi connectivity index (χ4v) is 1.40. The maximum absolute atomic E-state index is 3.78. The number of H-pyrrole nitrogens is 1. The monoisotopic (exact) mass is 161 g/mol. The Morgan fingerprint density at radius 1 is 1.50 bits per heavy atom. The minimum atomic E-state index is 0.0538. The number of nitrogens with zero attached hydrogens (tertiary/aromatic N) is 2. The molecule has 0 saturated carbocycles. The summed E-state index contributed by atoms with van der Waals surface area (Å²) in [6.45, 7) is 2.17. The van der Waals surface area contributed by atoms with E-state index in [1.807, 2.05) is 0 Å². The highest BCUT2D eigenvalue weighted by Crippen LogP contribution is 2.29. The molecular formula is C9H11N3. The molecule has 1 heterocycles. The molecule has 1 N–H and O–H groups in total. The highest BCUT2D eigenvalue weighted by Gasteiger charge is 2.24. The Balaban J connectivity index is 2.34. The number of hydrogen-bond donors (Lipinski definition) is 1. The molecule has 0 radical (unpaired) electrons. The fourth-order valence-electron chi connectivity index (χ4n) is 1.40. The summed E-state index contributed by atoms with van der Waals surface area (Å²) < 4.78 is 0. The SMILES string of the molecule is CC1(c2cnn[nH]2)C=CC=CC1. The van der Waals surface area contributed by atoms with Gasteiger partial charge in [0.05, 0.1) is 11.9 Å². The number of rotatable bonds is 1. The standard InChI is InChI=1S/C9H11N3/c1-9(5-3-2-4-6-9)8-7-10-12-11-8/h2-5,7H,6H2,1H3,(H,10,11,12). The van der Waals surface area contributed by atoms with E-state index in [1.54, 1.807) is 6.20 Å². The first-order valence-corrected chi connectivity index (χ1v) is 4.02. The van der Waals surface area contributed by atoms with E-state index in [4.69, 9.17) is 0 Å². The first-order valence-electron chi connectivity index (χ1n) is 4.02. The molecule has 0 saturated heterocycles. The topological polar surface area (TPSA) is 41.6 Å². The molecule has 1 aromatic heterocycles. The van der Waals surface area contributed by atoms with E-state index in [9.17, 15) is 0 Å². The lowest BCUT2D eigenvalue weighted by Crippen LogP contribution is -2.19. The molecule has 1 aliphatic rings. The minimum Gasteiger partial charge on any atom is -0.261 e. The highest BCUT2D eigenvalue weighted by atomic mass is 15.3. The van der Waals surface area contributed by atoms with Crippen LogP contribution in [0.25, 0.3) is 0 Å². The summed E-state index contributed by atoms with van der Waals surface area (Å²) in [5.41, 5.74) is 1.13. The lowest BCUT2D eigenvalue weighted by Gasteiger charge is -2.23.